The zero-order valence-corrected chi connectivity index (χ0v) is 21.2. The lowest BCUT2D eigenvalue weighted by Gasteiger charge is -2.45. The summed E-state index contributed by atoms with van der Waals surface area (Å²) in [7, 11) is 0. The van der Waals surface area contributed by atoms with Crippen molar-refractivity contribution in [2.45, 2.75) is 71.3 Å². The van der Waals surface area contributed by atoms with Gasteiger partial charge in [-0.3, -0.25) is 14.9 Å². The molecular weight excluding hydrogens is 442 g/mol. The van der Waals surface area contributed by atoms with E-state index in [1.165, 1.54) is 6.20 Å². The molecule has 1 heterocycles. The predicted octanol–water partition coefficient (Wildman–Crippen LogP) is 5.64. The molecular formula is C28H35N3O4. The van der Waals surface area contributed by atoms with Crippen molar-refractivity contribution < 1.29 is 19.1 Å². The maximum absolute atomic E-state index is 13.5. The van der Waals surface area contributed by atoms with Crippen LogP contribution < -0.4 is 10.6 Å². The van der Waals surface area contributed by atoms with E-state index in [-0.39, 0.29) is 17.1 Å². The number of amides is 2. The van der Waals surface area contributed by atoms with E-state index in [4.69, 9.17) is 4.74 Å². The van der Waals surface area contributed by atoms with Crippen LogP contribution in [0.2, 0.25) is 0 Å². The smallest absolute Gasteiger partial charge is 0.413 e. The lowest BCUT2D eigenvalue weighted by Crippen LogP contribution is -2.48. The topological polar surface area (TPSA) is 97.4 Å². The first-order valence-electron chi connectivity index (χ1n) is 12.3. The van der Waals surface area contributed by atoms with Crippen LogP contribution >= 0.6 is 0 Å². The molecule has 7 heteroatoms. The van der Waals surface area contributed by atoms with Gasteiger partial charge in [-0.2, -0.15) is 0 Å². The van der Waals surface area contributed by atoms with Crippen LogP contribution in [0.4, 0.5) is 16.3 Å². The second-order valence-corrected chi connectivity index (χ2v) is 11.1. The fraction of sp³-hybridized carbons (Fsp3) is 0.500. The molecule has 2 bridgehead atoms. The highest BCUT2D eigenvalue weighted by Gasteiger charge is 2.54. The summed E-state index contributed by atoms with van der Waals surface area (Å²) in [6.45, 7) is 9.27. The molecule has 2 aliphatic rings. The molecule has 2 saturated carbocycles. The van der Waals surface area contributed by atoms with Gasteiger partial charge < -0.3 is 10.1 Å². The molecule has 4 rings (SSSR count). The maximum Gasteiger partial charge on any atom is 0.413 e. The fourth-order valence-corrected chi connectivity index (χ4v) is 5.84. The Morgan fingerprint density at radius 2 is 1.77 bits per heavy atom. The third-order valence-electron chi connectivity index (χ3n) is 7.57. The van der Waals surface area contributed by atoms with Crippen molar-refractivity contribution in [3.8, 4) is 0 Å². The van der Waals surface area contributed by atoms with Gasteiger partial charge in [-0.15, -0.1) is 0 Å². The molecule has 2 aromatic rings. The summed E-state index contributed by atoms with van der Waals surface area (Å²) in [6.07, 6.45) is 4.90. The molecule has 2 fully saturated rings. The number of ether oxygens (including phenoxy) is 1. The van der Waals surface area contributed by atoms with Gasteiger partial charge in [0.05, 0.1) is 11.9 Å². The van der Waals surface area contributed by atoms with E-state index >= 15 is 0 Å². The van der Waals surface area contributed by atoms with Crippen molar-refractivity contribution in [1.82, 2.24) is 4.98 Å². The van der Waals surface area contributed by atoms with Gasteiger partial charge >= 0.3 is 6.09 Å². The Bertz CT molecular complexity index is 1120. The van der Waals surface area contributed by atoms with E-state index in [1.54, 1.807) is 33.8 Å². The zero-order chi connectivity index (χ0) is 25.4. The van der Waals surface area contributed by atoms with Gasteiger partial charge in [0.1, 0.15) is 11.4 Å². The van der Waals surface area contributed by atoms with Crippen LogP contribution in [0.25, 0.3) is 0 Å². The van der Waals surface area contributed by atoms with Crippen molar-refractivity contribution in [1.29, 1.82) is 0 Å². The number of benzene rings is 1. The lowest BCUT2D eigenvalue weighted by molar-refractivity contribution is -0.140. The van der Waals surface area contributed by atoms with E-state index in [9.17, 15) is 14.4 Å². The van der Waals surface area contributed by atoms with E-state index in [1.807, 2.05) is 18.2 Å². The standard InChI is InChI=1S/C28H35N3O4/c1-17-13-21(16-29-24(17)31-26(34)35-27(2,3)4)30-25(33)23(32)22-15-18-11-12-20(14-18)28(22,5)19-9-7-6-8-10-19/h6-10,13,16,18,20,22H,11-12,14-15H2,1-5H3,(H,30,33)(H,29,31,34)/t18-,20+,22?,28-/m1/s1. The number of anilines is 2. The van der Waals surface area contributed by atoms with Crippen LogP contribution in [0.5, 0.6) is 0 Å². The Labute approximate surface area is 207 Å². The predicted molar refractivity (Wildman–Crippen MR) is 135 cm³/mol. The lowest BCUT2D eigenvalue weighted by atomic mass is 9.57. The first-order chi connectivity index (χ1) is 16.5. The van der Waals surface area contributed by atoms with Gasteiger partial charge in [0.2, 0.25) is 5.78 Å². The molecule has 35 heavy (non-hydrogen) atoms. The monoisotopic (exact) mass is 477 g/mol. The van der Waals surface area contributed by atoms with Crippen LogP contribution in [0, 0.1) is 24.7 Å². The van der Waals surface area contributed by atoms with Crippen LogP contribution in [0.3, 0.4) is 0 Å². The van der Waals surface area contributed by atoms with Gasteiger partial charge in [-0.1, -0.05) is 43.7 Å². The van der Waals surface area contributed by atoms with Crippen LogP contribution in [0.1, 0.15) is 64.5 Å². The molecule has 2 aliphatic carbocycles. The number of Topliss-reactive ketones (excluding diaryl/α,β-unsaturated/α-hetero) is 1. The van der Waals surface area contributed by atoms with E-state index < -0.39 is 17.6 Å². The highest BCUT2D eigenvalue weighted by molar-refractivity contribution is 6.41. The number of nitrogens with one attached hydrogen (secondary N) is 2. The van der Waals surface area contributed by atoms with E-state index in [0.717, 1.165) is 31.2 Å². The molecule has 4 atom stereocenters. The van der Waals surface area contributed by atoms with Gasteiger partial charge in [-0.05, 0) is 76.0 Å². The van der Waals surface area contributed by atoms with Gasteiger partial charge in [0, 0.05) is 11.3 Å². The summed E-state index contributed by atoms with van der Waals surface area (Å²) in [4.78, 5) is 43.0. The molecule has 1 aromatic carbocycles. The van der Waals surface area contributed by atoms with Crippen LogP contribution in [-0.2, 0) is 19.7 Å². The molecule has 186 valence electrons. The number of carbonyl (C=O) groups excluding carboxylic acids is 3. The Hall–Kier alpha value is -3.22. The van der Waals surface area contributed by atoms with Crippen LogP contribution in [-0.4, -0.2) is 28.4 Å². The van der Waals surface area contributed by atoms with Crippen LogP contribution in [0.15, 0.2) is 42.6 Å². The second-order valence-electron chi connectivity index (χ2n) is 11.1. The summed E-state index contributed by atoms with van der Waals surface area (Å²) in [5, 5.41) is 5.36. The zero-order valence-electron chi connectivity index (χ0n) is 21.2. The normalized spacial score (nSPS) is 25.6. The number of pyridine rings is 1. The van der Waals surface area contributed by atoms with Crippen molar-refractivity contribution in [2.24, 2.45) is 17.8 Å². The van der Waals surface area contributed by atoms with Crippen molar-refractivity contribution in [3.63, 3.8) is 0 Å². The largest absolute Gasteiger partial charge is 0.444 e. The highest BCUT2D eigenvalue weighted by Crippen LogP contribution is 2.56. The van der Waals surface area contributed by atoms with E-state index in [2.05, 4.69) is 34.7 Å². The maximum atomic E-state index is 13.5. The molecule has 1 aromatic heterocycles. The molecule has 0 spiro atoms. The highest BCUT2D eigenvalue weighted by atomic mass is 16.6. The average molecular weight is 478 g/mol. The minimum atomic E-state index is -0.626. The molecule has 2 amide bonds. The summed E-state index contributed by atoms with van der Waals surface area (Å²) in [6, 6.07) is 11.8. The number of hydrogen-bond donors (Lipinski definition) is 2. The number of nitrogens with zero attached hydrogens (tertiary/aromatic N) is 1. The summed E-state index contributed by atoms with van der Waals surface area (Å²) in [5.41, 5.74) is 1.20. The molecule has 0 radical (unpaired) electrons. The number of rotatable bonds is 5. The average Bonchev–Trinajstić information content (AvgIpc) is 3.22. The number of ketones is 1. The Kier molecular flexibility index (Phi) is 6.71. The molecule has 1 unspecified atom stereocenters. The Morgan fingerprint density at radius 3 is 2.43 bits per heavy atom. The summed E-state index contributed by atoms with van der Waals surface area (Å²) >= 11 is 0. The molecule has 7 nitrogen and oxygen atoms in total. The number of aryl methyl sites for hydroxylation is 1. The SMILES string of the molecule is Cc1cc(NC(=O)C(=O)C2C[C@@H]3CC[C@@H](C3)[C@@]2(C)c2ccccc2)cnc1NC(=O)OC(C)(C)C. The number of carbonyl (C=O) groups is 3. The third-order valence-corrected chi connectivity index (χ3v) is 7.57. The van der Waals surface area contributed by atoms with Gasteiger partial charge in [0.15, 0.2) is 0 Å². The van der Waals surface area contributed by atoms with Crippen molar-refractivity contribution in [3.05, 3.63) is 53.7 Å². The minimum absolute atomic E-state index is 0.337. The molecule has 0 aliphatic heterocycles. The molecule has 0 saturated heterocycles. The first kappa shape index (κ1) is 24.9. The second kappa shape index (κ2) is 9.44. The van der Waals surface area contributed by atoms with Gasteiger partial charge in [-0.25, -0.2) is 9.78 Å². The third kappa shape index (κ3) is 5.24. The molecule has 2 N–H and O–H groups in total. The number of aromatic nitrogens is 1. The quantitative estimate of drug-likeness (QED) is 0.543. The fourth-order valence-electron chi connectivity index (χ4n) is 5.84. The van der Waals surface area contributed by atoms with Crippen molar-refractivity contribution in [2.75, 3.05) is 10.6 Å². The Balaban J connectivity index is 1.49. The Morgan fingerprint density at radius 1 is 1.06 bits per heavy atom. The summed E-state index contributed by atoms with van der Waals surface area (Å²) < 4.78 is 5.26. The van der Waals surface area contributed by atoms with Gasteiger partial charge in [0.25, 0.3) is 5.91 Å². The minimum Gasteiger partial charge on any atom is -0.444 e. The number of fused-ring (bicyclic) bond motifs is 2. The number of hydrogen-bond acceptors (Lipinski definition) is 5. The summed E-state index contributed by atoms with van der Waals surface area (Å²) in [5.74, 6) is -0.121. The van der Waals surface area contributed by atoms with Crippen molar-refractivity contribution >= 4 is 29.3 Å². The van der Waals surface area contributed by atoms with E-state index in [0.29, 0.717) is 28.9 Å². The first-order valence-corrected chi connectivity index (χ1v) is 12.3.